The lowest BCUT2D eigenvalue weighted by Crippen LogP contribution is -2.56. The minimum absolute atomic E-state index is 0.0289. The molecular formula is C22H26ClN5O. The normalized spacial score (nSPS) is 24.5. The summed E-state index contributed by atoms with van der Waals surface area (Å²) in [6, 6.07) is 16.1. The molecule has 0 radical (unpaired) electrons. The Bertz CT molecular complexity index is 921. The second kappa shape index (κ2) is 8.43. The first-order valence-corrected chi connectivity index (χ1v) is 10.4. The summed E-state index contributed by atoms with van der Waals surface area (Å²) in [4.78, 5) is 16.6. The zero-order valence-corrected chi connectivity index (χ0v) is 17.0. The van der Waals surface area contributed by atoms with Crippen LogP contribution in [0, 0.1) is 0 Å². The molecule has 1 saturated carbocycles. The number of amidine groups is 1. The van der Waals surface area contributed by atoms with Crippen LogP contribution in [-0.2, 0) is 11.3 Å². The van der Waals surface area contributed by atoms with Crippen LogP contribution in [0.15, 0.2) is 53.5 Å². The Kier molecular flexibility index (Phi) is 5.74. The van der Waals surface area contributed by atoms with E-state index in [1.165, 1.54) is 0 Å². The highest BCUT2D eigenvalue weighted by Gasteiger charge is 2.43. The van der Waals surface area contributed by atoms with Crippen molar-refractivity contribution in [2.24, 2.45) is 10.7 Å². The number of carbonyl (C=O) groups excluding carboxylic acids is 1. The van der Waals surface area contributed by atoms with Gasteiger partial charge in [-0.05, 0) is 55.5 Å². The molecule has 2 aliphatic rings. The number of halogens is 1. The number of nitrogens with two attached hydrogens (primary N) is 1. The number of rotatable bonds is 4. The molecule has 0 saturated heterocycles. The summed E-state index contributed by atoms with van der Waals surface area (Å²) in [5.74, 6) is 0.848. The Morgan fingerprint density at radius 1 is 1.17 bits per heavy atom. The molecule has 6 nitrogen and oxygen atoms in total. The van der Waals surface area contributed by atoms with E-state index in [1.807, 2.05) is 36.4 Å². The fraction of sp³-hybridized carbons (Fsp3) is 0.364. The van der Waals surface area contributed by atoms with Crippen LogP contribution in [0.5, 0.6) is 0 Å². The molecule has 1 amide bonds. The van der Waals surface area contributed by atoms with Crippen LogP contribution in [0.3, 0.4) is 0 Å². The molecule has 5 N–H and O–H groups in total. The molecule has 1 aliphatic heterocycles. The zero-order chi connectivity index (χ0) is 20.3. The topological polar surface area (TPSA) is 91.5 Å². The van der Waals surface area contributed by atoms with Crippen molar-refractivity contribution in [1.82, 2.24) is 5.32 Å². The number of amides is 1. The van der Waals surface area contributed by atoms with Crippen molar-refractivity contribution in [3.8, 4) is 0 Å². The average molecular weight is 412 g/mol. The summed E-state index contributed by atoms with van der Waals surface area (Å²) in [6.45, 7) is 0.586. The van der Waals surface area contributed by atoms with Crippen LogP contribution in [0.1, 0.15) is 31.2 Å². The Morgan fingerprint density at radius 3 is 2.66 bits per heavy atom. The van der Waals surface area contributed by atoms with Crippen LogP contribution >= 0.6 is 11.6 Å². The van der Waals surface area contributed by atoms with Gasteiger partial charge in [0.15, 0.2) is 0 Å². The molecule has 7 heteroatoms. The molecule has 0 unspecified atom stereocenters. The number of benzene rings is 2. The molecule has 152 valence electrons. The van der Waals surface area contributed by atoms with E-state index < -0.39 is 0 Å². The van der Waals surface area contributed by atoms with E-state index in [1.54, 1.807) is 0 Å². The molecule has 0 aromatic heterocycles. The lowest BCUT2D eigenvalue weighted by molar-refractivity contribution is -0.120. The van der Waals surface area contributed by atoms with Gasteiger partial charge in [0.25, 0.3) is 0 Å². The van der Waals surface area contributed by atoms with E-state index in [0.29, 0.717) is 11.6 Å². The molecule has 1 aliphatic carbocycles. The largest absolute Gasteiger partial charge is 0.371 e. The lowest BCUT2D eigenvalue weighted by atomic mass is 9.77. The summed E-state index contributed by atoms with van der Waals surface area (Å²) >= 11 is 6.13. The van der Waals surface area contributed by atoms with E-state index in [0.717, 1.165) is 48.5 Å². The van der Waals surface area contributed by atoms with Crippen molar-refractivity contribution >= 4 is 34.7 Å². The first-order chi connectivity index (χ1) is 14.1. The average Bonchev–Trinajstić information content (AvgIpc) is 2.74. The number of hydrogen-bond acceptors (Lipinski definition) is 4. The highest BCUT2D eigenvalue weighted by molar-refractivity contribution is 6.30. The zero-order valence-electron chi connectivity index (χ0n) is 16.2. The van der Waals surface area contributed by atoms with Gasteiger partial charge in [0.05, 0.1) is 30.0 Å². The van der Waals surface area contributed by atoms with Crippen LogP contribution in [0.25, 0.3) is 0 Å². The smallest absolute Gasteiger partial charge is 0.233 e. The number of nitrogens with zero attached hydrogens (tertiary/aromatic N) is 1. The summed E-state index contributed by atoms with van der Waals surface area (Å²) in [5.41, 5.74) is 8.36. The highest BCUT2D eigenvalue weighted by Crippen LogP contribution is 2.39. The monoisotopic (exact) mass is 411 g/mol. The van der Waals surface area contributed by atoms with Crippen molar-refractivity contribution in [2.45, 2.75) is 43.8 Å². The number of nitrogens with one attached hydrogen (secondary N) is 3. The van der Waals surface area contributed by atoms with Gasteiger partial charge in [-0.1, -0.05) is 35.9 Å². The Balaban J connectivity index is 1.57. The van der Waals surface area contributed by atoms with Gasteiger partial charge in [-0.25, -0.2) is 0 Å². The third-order valence-electron chi connectivity index (χ3n) is 5.71. The minimum atomic E-state index is -0.267. The van der Waals surface area contributed by atoms with E-state index in [4.69, 9.17) is 22.3 Å². The molecule has 1 spiro atoms. The van der Waals surface area contributed by atoms with Gasteiger partial charge in [0, 0.05) is 11.1 Å². The quantitative estimate of drug-likeness (QED) is 0.619. The fourth-order valence-electron chi connectivity index (χ4n) is 4.17. The van der Waals surface area contributed by atoms with Crippen LogP contribution < -0.4 is 21.7 Å². The summed E-state index contributed by atoms with van der Waals surface area (Å²) in [5, 5.41) is 11.0. The molecule has 29 heavy (non-hydrogen) atoms. The van der Waals surface area contributed by atoms with E-state index >= 15 is 0 Å². The van der Waals surface area contributed by atoms with Crippen LogP contribution in [-0.4, -0.2) is 29.9 Å². The third kappa shape index (κ3) is 4.38. The van der Waals surface area contributed by atoms with Crippen molar-refractivity contribution < 1.29 is 4.79 Å². The highest BCUT2D eigenvalue weighted by atomic mass is 35.5. The molecule has 0 bridgehead atoms. The van der Waals surface area contributed by atoms with E-state index in [-0.39, 0.29) is 24.0 Å². The molecular weight excluding hydrogens is 386 g/mol. The molecule has 2 aromatic rings. The van der Waals surface area contributed by atoms with Gasteiger partial charge in [-0.2, -0.15) is 0 Å². The van der Waals surface area contributed by atoms with Crippen LogP contribution in [0.2, 0.25) is 5.02 Å². The maximum atomic E-state index is 11.7. The Labute approximate surface area is 175 Å². The number of para-hydroxylation sites is 2. The van der Waals surface area contributed by atoms with Crippen molar-refractivity contribution in [3.63, 3.8) is 0 Å². The molecule has 1 heterocycles. The fourth-order valence-corrected chi connectivity index (χ4v) is 4.38. The molecule has 1 fully saturated rings. The van der Waals surface area contributed by atoms with Gasteiger partial charge < -0.3 is 21.7 Å². The molecule has 2 aromatic carbocycles. The maximum Gasteiger partial charge on any atom is 0.233 e. The number of hydrogen-bond donors (Lipinski definition) is 4. The van der Waals surface area contributed by atoms with Gasteiger partial charge in [0.2, 0.25) is 5.91 Å². The van der Waals surface area contributed by atoms with Gasteiger partial charge in [0.1, 0.15) is 5.84 Å². The number of aliphatic imine (C=N–C) groups is 1. The first kappa shape index (κ1) is 19.7. The second-order valence-electron chi connectivity index (χ2n) is 7.72. The lowest BCUT2D eigenvalue weighted by Gasteiger charge is -2.45. The van der Waals surface area contributed by atoms with Crippen molar-refractivity contribution in [2.75, 3.05) is 17.2 Å². The summed E-state index contributed by atoms with van der Waals surface area (Å²) < 4.78 is 0. The Hall–Kier alpha value is -2.57. The Morgan fingerprint density at radius 2 is 1.93 bits per heavy atom. The maximum absolute atomic E-state index is 11.7. The predicted molar refractivity (Wildman–Crippen MR) is 118 cm³/mol. The van der Waals surface area contributed by atoms with Crippen molar-refractivity contribution in [1.29, 1.82) is 0 Å². The SMILES string of the molecule is NCC(=O)NC1CCC2(CC1)Nc1ccccc1NC2=NCc1cccc(Cl)c1. The third-order valence-corrected chi connectivity index (χ3v) is 5.94. The van der Waals surface area contributed by atoms with Gasteiger partial charge in [-0.15, -0.1) is 0 Å². The summed E-state index contributed by atoms with van der Waals surface area (Å²) in [6.07, 6.45) is 3.49. The first-order valence-electron chi connectivity index (χ1n) is 10.0. The van der Waals surface area contributed by atoms with Gasteiger partial charge in [-0.3, -0.25) is 9.79 Å². The predicted octanol–water partition coefficient (Wildman–Crippen LogP) is 3.53. The van der Waals surface area contributed by atoms with Gasteiger partial charge >= 0.3 is 0 Å². The standard InChI is InChI=1S/C22H26ClN5O/c23-16-5-3-4-15(12-16)14-25-21-22(28-19-7-2-1-6-18(19)27-21)10-8-17(9-11-22)26-20(29)13-24/h1-7,12,17,28H,8-11,13-14,24H2,(H,25,27)(H,26,29). The van der Waals surface area contributed by atoms with Crippen LogP contribution in [0.4, 0.5) is 11.4 Å². The molecule has 4 rings (SSSR count). The summed E-state index contributed by atoms with van der Waals surface area (Å²) in [7, 11) is 0. The second-order valence-corrected chi connectivity index (χ2v) is 8.15. The van der Waals surface area contributed by atoms with Crippen molar-refractivity contribution in [3.05, 3.63) is 59.1 Å². The number of fused-ring (bicyclic) bond motifs is 1. The van der Waals surface area contributed by atoms with E-state index in [2.05, 4.69) is 28.1 Å². The number of carbonyl (C=O) groups is 1. The minimum Gasteiger partial charge on any atom is -0.371 e. The molecule has 0 atom stereocenters. The number of anilines is 2. The van der Waals surface area contributed by atoms with E-state index in [9.17, 15) is 4.79 Å².